The summed E-state index contributed by atoms with van der Waals surface area (Å²) in [4.78, 5) is 14.4. The molecule has 1 aliphatic heterocycles. The summed E-state index contributed by atoms with van der Waals surface area (Å²) in [5.74, 6) is 0.783. The van der Waals surface area contributed by atoms with Crippen LogP contribution in [0.15, 0.2) is 54.6 Å². The first-order valence-corrected chi connectivity index (χ1v) is 7.95. The summed E-state index contributed by atoms with van der Waals surface area (Å²) in [5, 5.41) is 0. The molecule has 2 aromatic carbocycles. The van der Waals surface area contributed by atoms with Gasteiger partial charge in [0.1, 0.15) is 11.6 Å². The molecule has 0 aliphatic carbocycles. The van der Waals surface area contributed by atoms with Gasteiger partial charge in [0, 0.05) is 24.6 Å². The molecule has 0 N–H and O–H groups in total. The lowest BCUT2D eigenvalue weighted by atomic mass is 9.98. The van der Waals surface area contributed by atoms with Gasteiger partial charge in [-0.15, -0.1) is 0 Å². The van der Waals surface area contributed by atoms with Gasteiger partial charge in [0.2, 0.25) is 0 Å². The molecule has 0 spiro atoms. The first kappa shape index (κ1) is 15.5. The van der Waals surface area contributed by atoms with E-state index in [-0.39, 0.29) is 11.7 Å². The number of nitrogens with zero attached hydrogens (tertiary/aromatic N) is 1. The minimum Gasteiger partial charge on any atom is -0.493 e. The largest absolute Gasteiger partial charge is 0.493 e. The number of piperidine rings is 1. The molecule has 0 aromatic heterocycles. The predicted molar refractivity (Wildman–Crippen MR) is 87.0 cm³/mol. The number of likely N-dealkylation sites (tertiary alicyclic amines) is 1. The molecule has 3 rings (SSSR count). The highest BCUT2D eigenvalue weighted by Gasteiger charge is 2.24. The zero-order valence-corrected chi connectivity index (χ0v) is 13.0. The molecular weight excluding hydrogens is 293 g/mol. The van der Waals surface area contributed by atoms with Crippen LogP contribution >= 0.6 is 0 Å². The maximum absolute atomic E-state index is 12.9. The summed E-state index contributed by atoms with van der Waals surface area (Å²) in [6.45, 7) is 2.04. The van der Waals surface area contributed by atoms with Crippen LogP contribution in [0.3, 0.4) is 0 Å². The highest BCUT2D eigenvalue weighted by Crippen LogP contribution is 2.20. The van der Waals surface area contributed by atoms with Crippen molar-refractivity contribution in [2.24, 2.45) is 5.92 Å². The molecule has 1 heterocycles. The number of carbonyl (C=O) groups is 1. The Labute approximate surface area is 135 Å². The van der Waals surface area contributed by atoms with Gasteiger partial charge in [-0.2, -0.15) is 0 Å². The van der Waals surface area contributed by atoms with E-state index in [0.29, 0.717) is 24.8 Å². The summed E-state index contributed by atoms with van der Waals surface area (Å²) < 4.78 is 18.6. The molecular formula is C19H20FNO2. The van der Waals surface area contributed by atoms with Crippen LogP contribution in [-0.4, -0.2) is 30.5 Å². The number of ether oxygens (including phenoxy) is 1. The molecule has 0 bridgehead atoms. The van der Waals surface area contributed by atoms with Crippen LogP contribution in [0.1, 0.15) is 23.2 Å². The van der Waals surface area contributed by atoms with E-state index in [2.05, 4.69) is 0 Å². The number of rotatable bonds is 4. The normalized spacial score (nSPS) is 17.8. The highest BCUT2D eigenvalue weighted by molar-refractivity contribution is 5.94. The first-order chi connectivity index (χ1) is 11.2. The fourth-order valence-electron chi connectivity index (χ4n) is 2.89. The number of carbonyl (C=O) groups excluding carboxylic acids is 1. The van der Waals surface area contributed by atoms with Crippen molar-refractivity contribution in [3.05, 3.63) is 66.0 Å². The SMILES string of the molecule is O=C(c1ccccc1)N1CCCC(COc2ccc(F)cc2)C1. The Bertz CT molecular complexity index is 642. The Morgan fingerprint density at radius 3 is 2.61 bits per heavy atom. The third-order valence-electron chi connectivity index (χ3n) is 4.13. The first-order valence-electron chi connectivity index (χ1n) is 7.95. The third kappa shape index (κ3) is 4.09. The summed E-state index contributed by atoms with van der Waals surface area (Å²) in [7, 11) is 0. The van der Waals surface area contributed by atoms with Crippen molar-refractivity contribution in [3.8, 4) is 5.75 Å². The van der Waals surface area contributed by atoms with Crippen LogP contribution in [0.5, 0.6) is 5.75 Å². The van der Waals surface area contributed by atoms with Crippen molar-refractivity contribution < 1.29 is 13.9 Å². The second kappa shape index (κ2) is 7.27. The van der Waals surface area contributed by atoms with E-state index < -0.39 is 0 Å². The summed E-state index contributed by atoms with van der Waals surface area (Å²) in [6.07, 6.45) is 2.02. The van der Waals surface area contributed by atoms with E-state index >= 15 is 0 Å². The number of hydrogen-bond acceptors (Lipinski definition) is 2. The standard InChI is InChI=1S/C19H20FNO2/c20-17-8-10-18(11-9-17)23-14-15-5-4-12-21(13-15)19(22)16-6-2-1-3-7-16/h1-3,6-11,15H,4-5,12-14H2. The van der Waals surface area contributed by atoms with Crippen molar-refractivity contribution in [2.45, 2.75) is 12.8 Å². The Morgan fingerprint density at radius 1 is 1.13 bits per heavy atom. The zero-order valence-electron chi connectivity index (χ0n) is 13.0. The lowest BCUT2D eigenvalue weighted by Gasteiger charge is -2.32. The maximum Gasteiger partial charge on any atom is 0.253 e. The Morgan fingerprint density at radius 2 is 1.87 bits per heavy atom. The number of halogens is 1. The molecule has 2 aromatic rings. The quantitative estimate of drug-likeness (QED) is 0.860. The van der Waals surface area contributed by atoms with Gasteiger partial charge in [-0.1, -0.05) is 18.2 Å². The van der Waals surface area contributed by atoms with E-state index in [1.807, 2.05) is 35.2 Å². The Balaban J connectivity index is 1.56. The minimum atomic E-state index is -0.269. The van der Waals surface area contributed by atoms with Crippen molar-refractivity contribution in [1.82, 2.24) is 4.90 Å². The van der Waals surface area contributed by atoms with E-state index in [9.17, 15) is 9.18 Å². The van der Waals surface area contributed by atoms with Gasteiger partial charge in [0.25, 0.3) is 5.91 Å². The molecule has 120 valence electrons. The molecule has 1 unspecified atom stereocenters. The van der Waals surface area contributed by atoms with Gasteiger partial charge in [-0.05, 0) is 49.2 Å². The number of hydrogen-bond donors (Lipinski definition) is 0. The van der Waals surface area contributed by atoms with Crippen LogP contribution in [0.2, 0.25) is 0 Å². The second-order valence-electron chi connectivity index (χ2n) is 5.89. The molecule has 0 saturated carbocycles. The second-order valence-corrected chi connectivity index (χ2v) is 5.89. The molecule has 1 saturated heterocycles. The predicted octanol–water partition coefficient (Wildman–Crippen LogP) is 3.76. The average molecular weight is 313 g/mol. The maximum atomic E-state index is 12.9. The lowest BCUT2D eigenvalue weighted by molar-refractivity contribution is 0.0633. The number of benzene rings is 2. The lowest BCUT2D eigenvalue weighted by Crippen LogP contribution is -2.41. The monoisotopic (exact) mass is 313 g/mol. The van der Waals surface area contributed by atoms with Crippen molar-refractivity contribution in [2.75, 3.05) is 19.7 Å². The average Bonchev–Trinajstić information content (AvgIpc) is 2.61. The molecule has 4 heteroatoms. The Hall–Kier alpha value is -2.36. The van der Waals surface area contributed by atoms with E-state index in [0.717, 1.165) is 24.9 Å². The summed E-state index contributed by atoms with van der Waals surface area (Å²) in [6, 6.07) is 15.4. The van der Waals surface area contributed by atoms with Gasteiger partial charge in [-0.3, -0.25) is 4.79 Å². The molecule has 1 fully saturated rings. The topological polar surface area (TPSA) is 29.5 Å². The fraction of sp³-hybridized carbons (Fsp3) is 0.316. The van der Waals surface area contributed by atoms with E-state index in [4.69, 9.17) is 4.74 Å². The zero-order chi connectivity index (χ0) is 16.1. The van der Waals surface area contributed by atoms with Crippen LogP contribution in [0.4, 0.5) is 4.39 Å². The van der Waals surface area contributed by atoms with Gasteiger partial charge in [0.05, 0.1) is 6.61 Å². The summed E-state index contributed by atoms with van der Waals surface area (Å²) >= 11 is 0. The van der Waals surface area contributed by atoms with Crippen molar-refractivity contribution in [3.63, 3.8) is 0 Å². The Kier molecular flexibility index (Phi) is 4.91. The van der Waals surface area contributed by atoms with Crippen LogP contribution in [0, 0.1) is 11.7 Å². The van der Waals surface area contributed by atoms with Gasteiger partial charge in [-0.25, -0.2) is 4.39 Å². The molecule has 1 aliphatic rings. The summed E-state index contributed by atoms with van der Waals surface area (Å²) in [5.41, 5.74) is 0.729. The highest BCUT2D eigenvalue weighted by atomic mass is 19.1. The third-order valence-corrected chi connectivity index (χ3v) is 4.13. The van der Waals surface area contributed by atoms with Crippen molar-refractivity contribution >= 4 is 5.91 Å². The minimum absolute atomic E-state index is 0.0806. The smallest absolute Gasteiger partial charge is 0.253 e. The van der Waals surface area contributed by atoms with Gasteiger partial charge >= 0.3 is 0 Å². The molecule has 1 amide bonds. The van der Waals surface area contributed by atoms with Crippen molar-refractivity contribution in [1.29, 1.82) is 0 Å². The van der Waals surface area contributed by atoms with E-state index in [1.54, 1.807) is 12.1 Å². The fourth-order valence-corrected chi connectivity index (χ4v) is 2.89. The number of amides is 1. The van der Waals surface area contributed by atoms with Crippen LogP contribution in [-0.2, 0) is 0 Å². The van der Waals surface area contributed by atoms with Crippen LogP contribution in [0.25, 0.3) is 0 Å². The molecule has 23 heavy (non-hydrogen) atoms. The molecule has 1 atom stereocenters. The van der Waals surface area contributed by atoms with Crippen LogP contribution < -0.4 is 4.74 Å². The van der Waals surface area contributed by atoms with E-state index in [1.165, 1.54) is 12.1 Å². The van der Waals surface area contributed by atoms with Gasteiger partial charge < -0.3 is 9.64 Å². The molecule has 0 radical (unpaired) electrons. The van der Waals surface area contributed by atoms with Gasteiger partial charge in [0.15, 0.2) is 0 Å². The molecule has 3 nitrogen and oxygen atoms in total.